The number of anilines is 1. The Labute approximate surface area is 86.3 Å². The normalized spacial score (nSPS) is 12.5. The van der Waals surface area contributed by atoms with Gasteiger partial charge in [0.2, 0.25) is 0 Å². The number of carbonyl (C=O) groups excluding carboxylic acids is 1. The maximum Gasteiger partial charge on any atom is 0.123 e. The Morgan fingerprint density at radius 3 is 2.92 bits per heavy atom. The smallest absolute Gasteiger partial charge is 0.123 e. The van der Waals surface area contributed by atoms with Crippen molar-refractivity contribution in [1.29, 1.82) is 0 Å². The third kappa shape index (κ3) is 2.56. The molecule has 1 aromatic carbocycles. The third-order valence-electron chi connectivity index (χ3n) is 1.92. The van der Waals surface area contributed by atoms with Crippen LogP contribution >= 0.6 is 15.9 Å². The average Bonchev–Trinajstić information content (AvgIpc) is 2.13. The van der Waals surface area contributed by atoms with Gasteiger partial charge in [0.1, 0.15) is 6.29 Å². The lowest BCUT2D eigenvalue weighted by Crippen LogP contribution is -2.03. The van der Waals surface area contributed by atoms with Gasteiger partial charge in [-0.15, -0.1) is 0 Å². The molecule has 0 bridgehead atoms. The van der Waals surface area contributed by atoms with E-state index in [1.165, 1.54) is 0 Å². The van der Waals surface area contributed by atoms with E-state index in [1.54, 1.807) is 0 Å². The van der Waals surface area contributed by atoms with Crippen LogP contribution in [0.4, 0.5) is 5.69 Å². The van der Waals surface area contributed by atoms with E-state index in [4.69, 9.17) is 5.73 Å². The first-order valence-electron chi connectivity index (χ1n) is 4.13. The number of nitrogen functional groups attached to an aromatic ring is 1. The summed E-state index contributed by atoms with van der Waals surface area (Å²) >= 11 is 3.34. The van der Waals surface area contributed by atoms with E-state index < -0.39 is 0 Å². The third-order valence-corrected chi connectivity index (χ3v) is 2.61. The van der Waals surface area contributed by atoms with Gasteiger partial charge in [0.05, 0.1) is 0 Å². The molecule has 1 aromatic rings. The van der Waals surface area contributed by atoms with Crippen LogP contribution < -0.4 is 5.73 Å². The SMILES string of the molecule is CC(C=O)Cc1cccc(Br)c1N. The summed E-state index contributed by atoms with van der Waals surface area (Å²) in [5.41, 5.74) is 7.58. The van der Waals surface area contributed by atoms with Gasteiger partial charge in [0.25, 0.3) is 0 Å². The number of aldehydes is 1. The van der Waals surface area contributed by atoms with Crippen LogP contribution in [-0.4, -0.2) is 6.29 Å². The molecular weight excluding hydrogens is 230 g/mol. The summed E-state index contributed by atoms with van der Waals surface area (Å²) in [5.74, 6) is 0.0246. The Hall–Kier alpha value is -0.830. The minimum absolute atomic E-state index is 0.0246. The van der Waals surface area contributed by atoms with Crippen molar-refractivity contribution in [1.82, 2.24) is 0 Å². The monoisotopic (exact) mass is 241 g/mol. The highest BCUT2D eigenvalue weighted by atomic mass is 79.9. The van der Waals surface area contributed by atoms with Crippen LogP contribution in [0.15, 0.2) is 22.7 Å². The summed E-state index contributed by atoms with van der Waals surface area (Å²) < 4.78 is 0.892. The molecule has 0 spiro atoms. The molecule has 0 saturated carbocycles. The van der Waals surface area contributed by atoms with Crippen molar-refractivity contribution in [3.8, 4) is 0 Å². The minimum Gasteiger partial charge on any atom is -0.398 e. The standard InChI is InChI=1S/C10H12BrNO/c1-7(6-13)5-8-3-2-4-9(11)10(8)12/h2-4,6-7H,5,12H2,1H3. The Balaban J connectivity index is 2.88. The Morgan fingerprint density at radius 2 is 2.31 bits per heavy atom. The van der Waals surface area contributed by atoms with E-state index in [1.807, 2.05) is 25.1 Å². The van der Waals surface area contributed by atoms with E-state index in [2.05, 4.69) is 15.9 Å². The van der Waals surface area contributed by atoms with Gasteiger partial charge in [-0.05, 0) is 34.0 Å². The van der Waals surface area contributed by atoms with Crippen molar-refractivity contribution in [2.24, 2.45) is 5.92 Å². The maximum atomic E-state index is 10.5. The molecule has 0 fully saturated rings. The van der Waals surface area contributed by atoms with Crippen molar-refractivity contribution in [2.45, 2.75) is 13.3 Å². The van der Waals surface area contributed by atoms with Crippen molar-refractivity contribution in [3.63, 3.8) is 0 Å². The number of benzene rings is 1. The van der Waals surface area contributed by atoms with E-state index in [0.29, 0.717) is 6.42 Å². The summed E-state index contributed by atoms with van der Waals surface area (Å²) in [6, 6.07) is 5.76. The first-order chi connectivity index (χ1) is 6.15. The molecule has 0 aliphatic rings. The summed E-state index contributed by atoms with van der Waals surface area (Å²) in [4.78, 5) is 10.5. The molecule has 1 atom stereocenters. The van der Waals surface area contributed by atoms with Crippen LogP contribution in [0, 0.1) is 5.92 Å². The van der Waals surface area contributed by atoms with Gasteiger partial charge < -0.3 is 10.5 Å². The van der Waals surface area contributed by atoms with Crippen LogP contribution in [0.3, 0.4) is 0 Å². The predicted octanol–water partition coefficient (Wildman–Crippen LogP) is 2.41. The molecule has 0 saturated heterocycles. The molecule has 0 heterocycles. The highest BCUT2D eigenvalue weighted by Gasteiger charge is 2.06. The highest BCUT2D eigenvalue weighted by molar-refractivity contribution is 9.10. The van der Waals surface area contributed by atoms with Gasteiger partial charge >= 0.3 is 0 Å². The lowest BCUT2D eigenvalue weighted by molar-refractivity contribution is -0.110. The molecular formula is C10H12BrNO. The van der Waals surface area contributed by atoms with Crippen molar-refractivity contribution in [2.75, 3.05) is 5.73 Å². The Bertz CT molecular complexity index is 312. The Morgan fingerprint density at radius 1 is 1.62 bits per heavy atom. The fourth-order valence-electron chi connectivity index (χ4n) is 1.15. The summed E-state index contributed by atoms with van der Waals surface area (Å²) in [6.45, 7) is 1.88. The number of rotatable bonds is 3. The Kier molecular flexibility index (Phi) is 3.48. The van der Waals surface area contributed by atoms with E-state index >= 15 is 0 Å². The zero-order valence-corrected chi connectivity index (χ0v) is 9.04. The van der Waals surface area contributed by atoms with Crippen LogP contribution in [0.2, 0.25) is 0 Å². The molecule has 0 aromatic heterocycles. The fourth-order valence-corrected chi connectivity index (χ4v) is 1.56. The zero-order valence-electron chi connectivity index (χ0n) is 7.46. The van der Waals surface area contributed by atoms with E-state index in [-0.39, 0.29) is 5.92 Å². The molecule has 0 amide bonds. The second kappa shape index (κ2) is 4.42. The van der Waals surface area contributed by atoms with Gasteiger partial charge in [-0.1, -0.05) is 19.1 Å². The fraction of sp³-hybridized carbons (Fsp3) is 0.300. The lowest BCUT2D eigenvalue weighted by Gasteiger charge is -2.08. The summed E-state index contributed by atoms with van der Waals surface area (Å²) in [5, 5.41) is 0. The van der Waals surface area contributed by atoms with Gasteiger partial charge in [-0.3, -0.25) is 0 Å². The van der Waals surface area contributed by atoms with Crippen LogP contribution in [-0.2, 0) is 11.2 Å². The molecule has 0 aliphatic carbocycles. The first kappa shape index (κ1) is 10.3. The quantitative estimate of drug-likeness (QED) is 0.653. The first-order valence-corrected chi connectivity index (χ1v) is 4.92. The minimum atomic E-state index is 0.0246. The highest BCUT2D eigenvalue weighted by Crippen LogP contribution is 2.24. The average molecular weight is 242 g/mol. The molecule has 2 N–H and O–H groups in total. The van der Waals surface area contributed by atoms with Gasteiger partial charge in [0, 0.05) is 16.1 Å². The maximum absolute atomic E-state index is 10.5. The largest absolute Gasteiger partial charge is 0.398 e. The van der Waals surface area contributed by atoms with Crippen LogP contribution in [0.5, 0.6) is 0 Å². The van der Waals surface area contributed by atoms with Crippen LogP contribution in [0.25, 0.3) is 0 Å². The molecule has 70 valence electrons. The molecule has 2 nitrogen and oxygen atoms in total. The van der Waals surface area contributed by atoms with Gasteiger partial charge in [0.15, 0.2) is 0 Å². The van der Waals surface area contributed by atoms with E-state index in [0.717, 1.165) is 22.0 Å². The number of carbonyl (C=O) groups is 1. The topological polar surface area (TPSA) is 43.1 Å². The molecule has 0 aliphatic heterocycles. The van der Waals surface area contributed by atoms with Crippen molar-refractivity contribution >= 4 is 27.9 Å². The number of hydrogen-bond acceptors (Lipinski definition) is 2. The van der Waals surface area contributed by atoms with Gasteiger partial charge in [-0.2, -0.15) is 0 Å². The molecule has 13 heavy (non-hydrogen) atoms. The number of para-hydroxylation sites is 1. The molecule has 3 heteroatoms. The molecule has 1 rings (SSSR count). The second-order valence-electron chi connectivity index (χ2n) is 3.13. The zero-order chi connectivity index (χ0) is 9.84. The number of nitrogens with two attached hydrogens (primary N) is 1. The second-order valence-corrected chi connectivity index (χ2v) is 3.98. The summed E-state index contributed by atoms with van der Waals surface area (Å²) in [7, 11) is 0. The lowest BCUT2D eigenvalue weighted by atomic mass is 10.0. The number of hydrogen-bond donors (Lipinski definition) is 1. The van der Waals surface area contributed by atoms with Crippen molar-refractivity contribution in [3.05, 3.63) is 28.2 Å². The van der Waals surface area contributed by atoms with E-state index in [9.17, 15) is 4.79 Å². The molecule has 0 radical (unpaired) electrons. The predicted molar refractivity (Wildman–Crippen MR) is 57.5 cm³/mol. The number of halogens is 1. The molecule has 1 unspecified atom stereocenters. The van der Waals surface area contributed by atoms with Gasteiger partial charge in [-0.25, -0.2) is 0 Å². The van der Waals surface area contributed by atoms with Crippen LogP contribution in [0.1, 0.15) is 12.5 Å². The van der Waals surface area contributed by atoms with Crippen molar-refractivity contribution < 1.29 is 4.79 Å². The summed E-state index contributed by atoms with van der Waals surface area (Å²) in [6.07, 6.45) is 1.65.